The number of benzene rings is 3. The molecule has 0 aliphatic carbocycles. The summed E-state index contributed by atoms with van der Waals surface area (Å²) in [5.74, 6) is -0.584. The van der Waals surface area contributed by atoms with Crippen LogP contribution in [0.15, 0.2) is 65.7 Å². The van der Waals surface area contributed by atoms with E-state index in [1.807, 2.05) is 54.6 Å². The first-order valence-electron chi connectivity index (χ1n) is 10.1. The van der Waals surface area contributed by atoms with Gasteiger partial charge >= 0.3 is 12.1 Å². The molecule has 5 rings (SSSR count). The van der Waals surface area contributed by atoms with Crippen LogP contribution in [0.25, 0.3) is 11.1 Å². The number of hydrogen-bond acceptors (Lipinski definition) is 6. The van der Waals surface area contributed by atoms with E-state index in [9.17, 15) is 13.2 Å². The molecule has 0 saturated heterocycles. The summed E-state index contributed by atoms with van der Waals surface area (Å²) in [5, 5.41) is 7.82. The topological polar surface area (TPSA) is 103 Å². The van der Waals surface area contributed by atoms with Crippen LogP contribution in [0.4, 0.5) is 13.2 Å². The smallest absolute Gasteiger partial charge is 0.490 e. The first-order chi connectivity index (χ1) is 16.5. The Bertz CT molecular complexity index is 1310. The number of hydrogen-bond donors (Lipinski definition) is 2. The van der Waals surface area contributed by atoms with E-state index in [0.717, 1.165) is 39.5 Å². The van der Waals surface area contributed by atoms with E-state index in [4.69, 9.17) is 46.4 Å². The summed E-state index contributed by atoms with van der Waals surface area (Å²) in [6.07, 6.45) is -5.08. The summed E-state index contributed by atoms with van der Waals surface area (Å²) in [6, 6.07) is 19.6. The van der Waals surface area contributed by atoms with Crippen molar-refractivity contribution < 1.29 is 37.3 Å². The Morgan fingerprint density at radius 2 is 1.63 bits per heavy atom. The molecule has 11 heteroatoms. The van der Waals surface area contributed by atoms with Gasteiger partial charge in [0, 0.05) is 16.1 Å². The van der Waals surface area contributed by atoms with E-state index in [1.54, 1.807) is 7.11 Å². The molecule has 3 aromatic rings. The lowest BCUT2D eigenvalue weighted by atomic mass is 9.80. The van der Waals surface area contributed by atoms with Gasteiger partial charge in [-0.3, -0.25) is 0 Å². The van der Waals surface area contributed by atoms with Gasteiger partial charge in [0.25, 0.3) is 6.02 Å². The minimum Gasteiger partial charge on any atom is -0.497 e. The second kappa shape index (κ2) is 9.03. The molecule has 1 spiro atoms. The van der Waals surface area contributed by atoms with Crippen LogP contribution in [-0.2, 0) is 15.1 Å². The molecular formula is C24H18ClF3N2O5. The minimum absolute atomic E-state index is 0.165. The fourth-order valence-corrected chi connectivity index (χ4v) is 3.91. The molecular weight excluding hydrogens is 489 g/mol. The predicted octanol–water partition coefficient (Wildman–Crippen LogP) is 5.34. The van der Waals surface area contributed by atoms with E-state index >= 15 is 0 Å². The number of amidine groups is 1. The summed E-state index contributed by atoms with van der Waals surface area (Å²) in [5.41, 5.74) is 9.01. The summed E-state index contributed by atoms with van der Waals surface area (Å²) < 4.78 is 48.9. The number of nitrogens with zero attached hydrogens (tertiary/aromatic N) is 1. The van der Waals surface area contributed by atoms with Crippen molar-refractivity contribution in [1.29, 1.82) is 0 Å². The van der Waals surface area contributed by atoms with Gasteiger partial charge in [0.2, 0.25) is 0 Å². The third-order valence-electron chi connectivity index (χ3n) is 5.43. The highest BCUT2D eigenvalue weighted by atomic mass is 35.5. The van der Waals surface area contributed by atoms with Gasteiger partial charge in [-0.15, -0.1) is 0 Å². The third kappa shape index (κ3) is 4.69. The van der Waals surface area contributed by atoms with Crippen LogP contribution in [0.1, 0.15) is 11.1 Å². The maximum atomic E-state index is 10.6. The number of carboxylic acid groups (broad SMARTS) is 1. The third-order valence-corrected chi connectivity index (χ3v) is 5.68. The van der Waals surface area contributed by atoms with Gasteiger partial charge in [0.15, 0.2) is 5.54 Å². The fraction of sp³-hybridized carbons (Fsp3) is 0.167. The van der Waals surface area contributed by atoms with Gasteiger partial charge in [-0.1, -0.05) is 29.8 Å². The van der Waals surface area contributed by atoms with Crippen LogP contribution >= 0.6 is 11.6 Å². The molecule has 3 N–H and O–H groups in total. The number of aliphatic carboxylic acids is 1. The van der Waals surface area contributed by atoms with Crippen LogP contribution in [0.3, 0.4) is 0 Å². The number of halogens is 4. The largest absolute Gasteiger partial charge is 0.497 e. The Kier molecular flexibility index (Phi) is 6.25. The maximum Gasteiger partial charge on any atom is 0.490 e. The normalized spacial score (nSPS) is 17.7. The average molecular weight is 507 g/mol. The van der Waals surface area contributed by atoms with E-state index in [0.29, 0.717) is 11.6 Å². The van der Waals surface area contributed by atoms with E-state index in [-0.39, 0.29) is 6.02 Å². The molecule has 182 valence electrons. The number of ether oxygens (including phenoxy) is 3. The zero-order chi connectivity index (χ0) is 25.4. The zero-order valence-electron chi connectivity index (χ0n) is 18.1. The second-order valence-corrected chi connectivity index (χ2v) is 8.02. The average Bonchev–Trinajstić information content (AvgIpc) is 3.21. The van der Waals surface area contributed by atoms with Crippen molar-refractivity contribution in [1.82, 2.24) is 0 Å². The van der Waals surface area contributed by atoms with Crippen molar-refractivity contribution in [2.45, 2.75) is 11.7 Å². The van der Waals surface area contributed by atoms with Crippen LogP contribution in [0.5, 0.6) is 17.2 Å². The van der Waals surface area contributed by atoms with Crippen molar-refractivity contribution in [2.24, 2.45) is 10.7 Å². The van der Waals surface area contributed by atoms with Gasteiger partial charge in [0.05, 0.1) is 7.11 Å². The van der Waals surface area contributed by atoms with E-state index in [2.05, 4.69) is 6.07 Å². The molecule has 2 aliphatic heterocycles. The number of aliphatic imine (C=N–C) groups is 1. The molecule has 0 bridgehead atoms. The summed E-state index contributed by atoms with van der Waals surface area (Å²) >= 11 is 6.03. The number of fused-ring (bicyclic) bond motifs is 4. The Balaban J connectivity index is 0.000000364. The monoisotopic (exact) mass is 506 g/mol. The number of nitrogens with two attached hydrogens (primary N) is 1. The summed E-state index contributed by atoms with van der Waals surface area (Å²) in [7, 11) is 1.63. The van der Waals surface area contributed by atoms with Gasteiger partial charge in [0.1, 0.15) is 23.9 Å². The van der Waals surface area contributed by atoms with E-state index < -0.39 is 17.7 Å². The Morgan fingerprint density at radius 3 is 2.17 bits per heavy atom. The molecule has 1 unspecified atom stereocenters. The lowest BCUT2D eigenvalue weighted by Crippen LogP contribution is -2.31. The quantitative estimate of drug-likeness (QED) is 0.486. The van der Waals surface area contributed by atoms with Crippen LogP contribution < -0.4 is 15.2 Å². The van der Waals surface area contributed by atoms with Gasteiger partial charge in [-0.25, -0.2) is 9.79 Å². The highest BCUT2D eigenvalue weighted by molar-refractivity contribution is 6.30. The van der Waals surface area contributed by atoms with Gasteiger partial charge in [-0.05, 0) is 53.6 Å². The molecule has 0 aromatic heterocycles. The first-order valence-corrected chi connectivity index (χ1v) is 10.5. The molecule has 2 heterocycles. The molecule has 1 atom stereocenters. The molecule has 35 heavy (non-hydrogen) atoms. The minimum atomic E-state index is -5.08. The highest BCUT2D eigenvalue weighted by Crippen LogP contribution is 2.52. The SMILES string of the molecule is COc1ccc2c(c1)C1(COC(N)=N1)c1cc(-c3ccc(Cl)cc3)ccc1O2.O=C(O)C(F)(F)F. The first kappa shape index (κ1) is 24.2. The molecule has 0 amide bonds. The van der Waals surface area contributed by atoms with Crippen molar-refractivity contribution >= 4 is 23.6 Å². The van der Waals surface area contributed by atoms with Crippen LogP contribution in [0, 0.1) is 0 Å². The van der Waals surface area contributed by atoms with Crippen molar-refractivity contribution in [3.63, 3.8) is 0 Å². The van der Waals surface area contributed by atoms with Crippen LogP contribution in [0.2, 0.25) is 5.02 Å². The molecule has 0 fully saturated rings. The van der Waals surface area contributed by atoms with Crippen molar-refractivity contribution in [3.05, 3.63) is 76.8 Å². The number of alkyl halides is 3. The number of carboxylic acids is 1. The molecule has 2 aliphatic rings. The molecule has 3 aromatic carbocycles. The highest BCUT2D eigenvalue weighted by Gasteiger charge is 2.47. The Labute approximate surface area is 202 Å². The Morgan fingerprint density at radius 1 is 1.06 bits per heavy atom. The molecule has 0 saturated carbocycles. The van der Waals surface area contributed by atoms with E-state index in [1.165, 1.54) is 0 Å². The predicted molar refractivity (Wildman–Crippen MR) is 122 cm³/mol. The fourth-order valence-electron chi connectivity index (χ4n) is 3.78. The molecule has 7 nitrogen and oxygen atoms in total. The number of methoxy groups -OCH3 is 1. The van der Waals surface area contributed by atoms with Crippen molar-refractivity contribution in [2.75, 3.05) is 13.7 Å². The zero-order valence-corrected chi connectivity index (χ0v) is 18.9. The maximum absolute atomic E-state index is 10.6. The Hall–Kier alpha value is -3.92. The second-order valence-electron chi connectivity index (χ2n) is 7.58. The standard InChI is InChI=1S/C22H17ClN2O3.C2HF3O2/c1-26-16-7-9-20-18(11-16)22(12-27-21(24)25-22)17-10-14(4-8-19(17)28-20)13-2-5-15(23)6-3-13;3-2(4,5)1(6)7/h2-11H,12H2,1H3,(H2,24,25);(H,6,7). The summed E-state index contributed by atoms with van der Waals surface area (Å²) in [6.45, 7) is 0.305. The van der Waals surface area contributed by atoms with Gasteiger partial charge in [-0.2, -0.15) is 13.2 Å². The van der Waals surface area contributed by atoms with Gasteiger partial charge < -0.3 is 25.1 Å². The lowest BCUT2D eigenvalue weighted by molar-refractivity contribution is -0.192. The lowest BCUT2D eigenvalue weighted by Gasteiger charge is -2.34. The van der Waals surface area contributed by atoms with Crippen LogP contribution in [-0.4, -0.2) is 37.0 Å². The molecule has 0 radical (unpaired) electrons. The number of rotatable bonds is 2. The summed E-state index contributed by atoms with van der Waals surface area (Å²) in [4.78, 5) is 13.6. The number of carbonyl (C=O) groups is 1. The van der Waals surface area contributed by atoms with Crippen molar-refractivity contribution in [3.8, 4) is 28.4 Å².